The van der Waals surface area contributed by atoms with Crippen molar-refractivity contribution in [2.75, 3.05) is 5.01 Å². The summed E-state index contributed by atoms with van der Waals surface area (Å²) >= 11 is 11.9. The minimum absolute atomic E-state index is 0.157. The molecule has 1 aromatic rings. The first-order valence-electron chi connectivity index (χ1n) is 4.64. The van der Waals surface area contributed by atoms with Crippen LogP contribution in [0.2, 0.25) is 5.02 Å². The summed E-state index contributed by atoms with van der Waals surface area (Å²) in [6.45, 7) is 3.86. The number of hydrogen-bond acceptors (Lipinski definition) is 3. The Labute approximate surface area is 98.7 Å². The third-order valence-electron chi connectivity index (χ3n) is 2.26. The molecule has 15 heavy (non-hydrogen) atoms. The highest BCUT2D eigenvalue weighted by Crippen LogP contribution is 2.30. The number of hydrazone groups is 1. The van der Waals surface area contributed by atoms with Gasteiger partial charge in [0.25, 0.3) is 0 Å². The first-order chi connectivity index (χ1) is 7.22. The van der Waals surface area contributed by atoms with Gasteiger partial charge < -0.3 is 0 Å². The quantitative estimate of drug-likeness (QED) is 0.798. The van der Waals surface area contributed by atoms with E-state index >= 15 is 0 Å². The van der Waals surface area contributed by atoms with E-state index in [0.717, 1.165) is 0 Å². The standard InChI is InChI=1S/C10H10Cl2N3/c1-2-7-6-9(12)14-15(7)10-8(11)4-3-5-13-10/h3-5,7H,1-2,6H2. The Morgan fingerprint density at radius 3 is 3.00 bits per heavy atom. The van der Waals surface area contributed by atoms with E-state index in [1.54, 1.807) is 23.3 Å². The van der Waals surface area contributed by atoms with Gasteiger partial charge in [-0.05, 0) is 18.6 Å². The van der Waals surface area contributed by atoms with Crippen molar-refractivity contribution in [1.29, 1.82) is 0 Å². The fraction of sp³-hybridized carbons (Fsp3) is 0.300. The lowest BCUT2D eigenvalue weighted by atomic mass is 10.2. The van der Waals surface area contributed by atoms with Crippen LogP contribution in [0.3, 0.4) is 0 Å². The highest BCUT2D eigenvalue weighted by atomic mass is 35.5. The van der Waals surface area contributed by atoms with E-state index in [9.17, 15) is 0 Å². The molecule has 1 aliphatic heterocycles. The van der Waals surface area contributed by atoms with Gasteiger partial charge in [0, 0.05) is 12.6 Å². The van der Waals surface area contributed by atoms with Gasteiger partial charge >= 0.3 is 0 Å². The van der Waals surface area contributed by atoms with Gasteiger partial charge in [0.15, 0.2) is 5.82 Å². The van der Waals surface area contributed by atoms with Crippen LogP contribution >= 0.6 is 23.2 Å². The number of pyridine rings is 1. The van der Waals surface area contributed by atoms with Crippen LogP contribution in [0.25, 0.3) is 0 Å². The molecule has 0 bridgehead atoms. The van der Waals surface area contributed by atoms with Crippen molar-refractivity contribution >= 4 is 34.2 Å². The van der Waals surface area contributed by atoms with Gasteiger partial charge in [-0.3, -0.25) is 0 Å². The predicted octanol–water partition coefficient (Wildman–Crippen LogP) is 3.09. The summed E-state index contributed by atoms with van der Waals surface area (Å²) in [6.07, 6.45) is 3.10. The minimum atomic E-state index is 0.157. The van der Waals surface area contributed by atoms with Gasteiger partial charge in [-0.15, -0.1) is 0 Å². The number of nitrogens with zero attached hydrogens (tertiary/aromatic N) is 3. The van der Waals surface area contributed by atoms with Gasteiger partial charge in [0.1, 0.15) is 5.17 Å². The molecule has 0 fully saturated rings. The molecule has 0 saturated carbocycles. The van der Waals surface area contributed by atoms with Crippen LogP contribution in [0.5, 0.6) is 0 Å². The maximum Gasteiger partial charge on any atom is 0.168 e. The van der Waals surface area contributed by atoms with Crippen LogP contribution in [0.4, 0.5) is 5.82 Å². The van der Waals surface area contributed by atoms with Gasteiger partial charge in [-0.25, -0.2) is 9.99 Å². The predicted molar refractivity (Wildman–Crippen MR) is 63.4 cm³/mol. The molecule has 2 heterocycles. The van der Waals surface area contributed by atoms with Crippen molar-refractivity contribution in [3.8, 4) is 0 Å². The number of rotatable bonds is 2. The lowest BCUT2D eigenvalue weighted by molar-refractivity contribution is 0.661. The second-order valence-corrected chi connectivity index (χ2v) is 4.12. The fourth-order valence-electron chi connectivity index (χ4n) is 1.51. The molecule has 1 atom stereocenters. The molecule has 0 aliphatic carbocycles. The summed E-state index contributed by atoms with van der Waals surface area (Å²) in [5, 5.41) is 7.10. The Balaban J connectivity index is 2.34. The molecule has 0 N–H and O–H groups in total. The fourth-order valence-corrected chi connectivity index (χ4v) is 1.98. The molecule has 0 saturated heterocycles. The van der Waals surface area contributed by atoms with E-state index in [2.05, 4.69) is 17.0 Å². The molecule has 0 spiro atoms. The van der Waals surface area contributed by atoms with Crippen LogP contribution < -0.4 is 5.01 Å². The summed E-state index contributed by atoms with van der Waals surface area (Å²) in [6, 6.07) is 3.72. The Kier molecular flexibility index (Phi) is 3.12. The van der Waals surface area contributed by atoms with Crippen LogP contribution in [0.1, 0.15) is 12.8 Å². The SMILES string of the molecule is [CH2]CC1CC(Cl)=NN1c1ncccc1Cl. The normalized spacial score (nSPS) is 20.6. The molecule has 79 valence electrons. The van der Waals surface area contributed by atoms with Crippen LogP contribution in [0.15, 0.2) is 23.4 Å². The Hall–Kier alpha value is -0.800. The highest BCUT2D eigenvalue weighted by Gasteiger charge is 2.27. The molecular formula is C10H10Cl2N3. The van der Waals surface area contributed by atoms with E-state index in [0.29, 0.717) is 28.9 Å². The molecule has 1 aliphatic rings. The van der Waals surface area contributed by atoms with Crippen molar-refractivity contribution in [1.82, 2.24) is 4.98 Å². The lowest BCUT2D eigenvalue weighted by Crippen LogP contribution is -2.26. The topological polar surface area (TPSA) is 28.5 Å². The molecule has 0 aromatic carbocycles. The average molecular weight is 243 g/mol. The van der Waals surface area contributed by atoms with Gasteiger partial charge in [-0.2, -0.15) is 5.10 Å². The molecule has 1 aromatic heterocycles. The van der Waals surface area contributed by atoms with Gasteiger partial charge in [-0.1, -0.05) is 30.1 Å². The molecule has 2 rings (SSSR count). The first kappa shape index (κ1) is 10.7. The van der Waals surface area contributed by atoms with Crippen molar-refractivity contribution in [3.05, 3.63) is 30.3 Å². The van der Waals surface area contributed by atoms with Crippen molar-refractivity contribution in [2.24, 2.45) is 5.10 Å². The third kappa shape index (κ3) is 2.08. The number of anilines is 1. The van der Waals surface area contributed by atoms with Crippen molar-refractivity contribution in [2.45, 2.75) is 18.9 Å². The molecule has 5 heteroatoms. The number of aromatic nitrogens is 1. The smallest absolute Gasteiger partial charge is 0.168 e. The lowest BCUT2D eigenvalue weighted by Gasteiger charge is -2.21. The Morgan fingerprint density at radius 1 is 1.53 bits per heavy atom. The average Bonchev–Trinajstić information content (AvgIpc) is 2.60. The van der Waals surface area contributed by atoms with E-state index in [4.69, 9.17) is 23.2 Å². The van der Waals surface area contributed by atoms with Crippen LogP contribution in [-0.4, -0.2) is 16.2 Å². The van der Waals surface area contributed by atoms with Crippen molar-refractivity contribution in [3.63, 3.8) is 0 Å². The number of hydrogen-bond donors (Lipinski definition) is 0. The Morgan fingerprint density at radius 2 is 2.33 bits per heavy atom. The molecule has 1 unspecified atom stereocenters. The third-order valence-corrected chi connectivity index (χ3v) is 2.78. The largest absolute Gasteiger partial charge is 0.242 e. The summed E-state index contributed by atoms with van der Waals surface area (Å²) in [4.78, 5) is 4.19. The summed E-state index contributed by atoms with van der Waals surface area (Å²) < 4.78 is 0. The zero-order valence-corrected chi connectivity index (χ0v) is 9.54. The summed E-state index contributed by atoms with van der Waals surface area (Å²) in [5.41, 5.74) is 0. The molecular weight excluding hydrogens is 233 g/mol. The maximum atomic E-state index is 6.04. The first-order valence-corrected chi connectivity index (χ1v) is 5.40. The second-order valence-electron chi connectivity index (χ2n) is 3.28. The second kappa shape index (κ2) is 4.37. The van der Waals surface area contributed by atoms with Gasteiger partial charge in [0.05, 0.1) is 11.1 Å². The van der Waals surface area contributed by atoms with Crippen LogP contribution in [-0.2, 0) is 0 Å². The van der Waals surface area contributed by atoms with E-state index in [-0.39, 0.29) is 6.04 Å². The van der Waals surface area contributed by atoms with E-state index in [1.165, 1.54) is 0 Å². The minimum Gasteiger partial charge on any atom is -0.242 e. The Bertz CT molecular complexity index is 392. The van der Waals surface area contributed by atoms with E-state index in [1.807, 2.05) is 0 Å². The zero-order chi connectivity index (χ0) is 10.8. The highest BCUT2D eigenvalue weighted by molar-refractivity contribution is 6.65. The molecule has 0 amide bonds. The summed E-state index contributed by atoms with van der Waals surface area (Å²) in [5.74, 6) is 0.642. The van der Waals surface area contributed by atoms with Crippen LogP contribution in [0, 0.1) is 6.92 Å². The molecule has 3 nitrogen and oxygen atoms in total. The monoisotopic (exact) mass is 242 g/mol. The van der Waals surface area contributed by atoms with Gasteiger partial charge in [0.2, 0.25) is 0 Å². The summed E-state index contributed by atoms with van der Waals surface area (Å²) in [7, 11) is 0. The van der Waals surface area contributed by atoms with Crippen molar-refractivity contribution < 1.29 is 0 Å². The number of halogens is 2. The zero-order valence-electron chi connectivity index (χ0n) is 8.03. The van der Waals surface area contributed by atoms with E-state index < -0.39 is 0 Å². The maximum absolute atomic E-state index is 6.04. The molecule has 1 radical (unpaired) electrons.